The second-order valence-corrected chi connectivity index (χ2v) is 6.61. The molecule has 0 bridgehead atoms. The van der Waals surface area contributed by atoms with E-state index in [9.17, 15) is 0 Å². The molecule has 2 aromatic heterocycles. The molecule has 0 N–H and O–H groups in total. The number of aryl methyl sites for hydroxylation is 2. The van der Waals surface area contributed by atoms with Crippen molar-refractivity contribution < 1.29 is 0 Å². The molecule has 0 aliphatic heterocycles. The van der Waals surface area contributed by atoms with E-state index in [2.05, 4.69) is 40.6 Å². The lowest BCUT2D eigenvalue weighted by Crippen LogP contribution is -1.96. The minimum Gasteiger partial charge on any atom is -0.225 e. The van der Waals surface area contributed by atoms with Crippen LogP contribution in [-0.4, -0.2) is 13.7 Å². The van der Waals surface area contributed by atoms with Crippen LogP contribution in [-0.2, 0) is 6.42 Å². The van der Waals surface area contributed by atoms with Crippen molar-refractivity contribution in [2.24, 2.45) is 0 Å². The maximum absolute atomic E-state index is 4.52. The summed E-state index contributed by atoms with van der Waals surface area (Å²) in [6.07, 6.45) is 2.12. The fourth-order valence-electron chi connectivity index (χ4n) is 1.72. The molecule has 98 valence electrons. The van der Waals surface area contributed by atoms with Crippen LogP contribution < -0.4 is 0 Å². The summed E-state index contributed by atoms with van der Waals surface area (Å²) in [5.41, 5.74) is 1.22. The lowest BCUT2D eigenvalue weighted by Gasteiger charge is -2.05. The maximum atomic E-state index is 4.52. The third-order valence-electron chi connectivity index (χ3n) is 2.94. The van der Waals surface area contributed by atoms with Gasteiger partial charge in [-0.3, -0.25) is 0 Å². The second kappa shape index (κ2) is 5.89. The molecule has 0 saturated carbocycles. The molecule has 0 aromatic carbocycles. The summed E-state index contributed by atoms with van der Waals surface area (Å²) in [5, 5.41) is 1.15. The van der Waals surface area contributed by atoms with Crippen molar-refractivity contribution in [1.29, 1.82) is 0 Å². The Morgan fingerprint density at radius 2 is 1.94 bits per heavy atom. The predicted octanol–water partition coefficient (Wildman–Crippen LogP) is 4.16. The molecule has 2 rings (SSSR count). The summed E-state index contributed by atoms with van der Waals surface area (Å²) in [4.78, 5) is 5.83. The summed E-state index contributed by atoms with van der Waals surface area (Å²) in [7, 11) is 0. The van der Waals surface area contributed by atoms with E-state index >= 15 is 0 Å². The van der Waals surface area contributed by atoms with E-state index in [1.807, 2.05) is 6.92 Å². The van der Waals surface area contributed by atoms with Crippen molar-refractivity contribution in [3.63, 3.8) is 0 Å². The van der Waals surface area contributed by atoms with E-state index in [-0.39, 0.29) is 0 Å². The standard InChI is InChI=1S/C13H19N3S2/c1-8(2)12-7-11(16-17-12)6-5-9(3)13-14-10(4)15-18-13/h7-9H,5-6H2,1-4H3. The van der Waals surface area contributed by atoms with Gasteiger partial charge in [-0.15, -0.1) is 0 Å². The Morgan fingerprint density at radius 3 is 2.50 bits per heavy atom. The molecule has 0 saturated heterocycles. The lowest BCUT2D eigenvalue weighted by atomic mass is 10.0. The SMILES string of the molecule is Cc1nsc(C(C)CCc2cc(C(C)C)sn2)n1. The fraction of sp³-hybridized carbons (Fsp3) is 0.615. The van der Waals surface area contributed by atoms with Gasteiger partial charge in [0.2, 0.25) is 0 Å². The summed E-state index contributed by atoms with van der Waals surface area (Å²) in [6, 6.07) is 2.24. The first-order chi connectivity index (χ1) is 8.56. The van der Waals surface area contributed by atoms with Gasteiger partial charge in [0, 0.05) is 10.8 Å². The third kappa shape index (κ3) is 3.36. The smallest absolute Gasteiger partial charge is 0.139 e. The van der Waals surface area contributed by atoms with Crippen molar-refractivity contribution in [3.8, 4) is 0 Å². The molecule has 1 unspecified atom stereocenters. The molecule has 0 radical (unpaired) electrons. The Labute approximate surface area is 117 Å². The van der Waals surface area contributed by atoms with Crippen LogP contribution in [0.3, 0.4) is 0 Å². The first-order valence-electron chi connectivity index (χ1n) is 6.32. The van der Waals surface area contributed by atoms with Crippen molar-refractivity contribution in [2.75, 3.05) is 0 Å². The second-order valence-electron chi connectivity index (χ2n) is 4.99. The van der Waals surface area contributed by atoms with Gasteiger partial charge in [-0.25, -0.2) is 4.98 Å². The number of hydrogen-bond acceptors (Lipinski definition) is 5. The van der Waals surface area contributed by atoms with Gasteiger partial charge in [0.15, 0.2) is 0 Å². The van der Waals surface area contributed by atoms with Gasteiger partial charge in [0.1, 0.15) is 10.8 Å². The third-order valence-corrected chi connectivity index (χ3v) is 5.11. The van der Waals surface area contributed by atoms with Crippen LogP contribution >= 0.6 is 23.1 Å². The highest BCUT2D eigenvalue weighted by Crippen LogP contribution is 2.25. The van der Waals surface area contributed by atoms with E-state index in [1.165, 1.54) is 22.1 Å². The van der Waals surface area contributed by atoms with Gasteiger partial charge in [-0.2, -0.15) is 8.75 Å². The van der Waals surface area contributed by atoms with Crippen molar-refractivity contribution in [2.45, 2.75) is 52.4 Å². The highest BCUT2D eigenvalue weighted by molar-refractivity contribution is 7.06. The quantitative estimate of drug-likeness (QED) is 0.826. The molecule has 5 heteroatoms. The Kier molecular flexibility index (Phi) is 4.45. The molecule has 0 amide bonds. The van der Waals surface area contributed by atoms with E-state index in [4.69, 9.17) is 0 Å². The van der Waals surface area contributed by atoms with Gasteiger partial charge >= 0.3 is 0 Å². The molecule has 18 heavy (non-hydrogen) atoms. The largest absolute Gasteiger partial charge is 0.225 e. The van der Waals surface area contributed by atoms with Gasteiger partial charge in [0.05, 0.1) is 5.69 Å². The van der Waals surface area contributed by atoms with E-state index in [0.717, 1.165) is 23.7 Å². The fourth-order valence-corrected chi connectivity index (χ4v) is 3.22. The van der Waals surface area contributed by atoms with Crippen molar-refractivity contribution in [3.05, 3.63) is 27.5 Å². The predicted molar refractivity (Wildman–Crippen MR) is 77.6 cm³/mol. The van der Waals surface area contributed by atoms with Gasteiger partial charge < -0.3 is 0 Å². The van der Waals surface area contributed by atoms with E-state index < -0.39 is 0 Å². The zero-order chi connectivity index (χ0) is 13.1. The van der Waals surface area contributed by atoms with Crippen LogP contribution in [0.4, 0.5) is 0 Å². The maximum Gasteiger partial charge on any atom is 0.139 e. The van der Waals surface area contributed by atoms with E-state index in [1.54, 1.807) is 11.5 Å². The molecule has 1 atom stereocenters. The van der Waals surface area contributed by atoms with Crippen LogP contribution in [0.1, 0.15) is 60.4 Å². The monoisotopic (exact) mass is 281 g/mol. The minimum absolute atomic E-state index is 0.473. The Hall–Kier alpha value is -0.810. The van der Waals surface area contributed by atoms with Crippen LogP contribution in [0, 0.1) is 6.92 Å². The van der Waals surface area contributed by atoms with E-state index in [0.29, 0.717) is 11.8 Å². The highest BCUT2D eigenvalue weighted by Gasteiger charge is 2.12. The lowest BCUT2D eigenvalue weighted by molar-refractivity contribution is 0.667. The average molecular weight is 281 g/mol. The summed E-state index contributed by atoms with van der Waals surface area (Å²) in [6.45, 7) is 8.59. The van der Waals surface area contributed by atoms with Crippen LogP contribution in [0.5, 0.6) is 0 Å². The molecule has 0 aliphatic carbocycles. The van der Waals surface area contributed by atoms with Gasteiger partial charge in [-0.05, 0) is 54.8 Å². The van der Waals surface area contributed by atoms with Crippen LogP contribution in [0.25, 0.3) is 0 Å². The highest BCUT2D eigenvalue weighted by atomic mass is 32.1. The molecule has 3 nitrogen and oxygen atoms in total. The number of hydrogen-bond donors (Lipinski definition) is 0. The number of aromatic nitrogens is 3. The molecular weight excluding hydrogens is 262 g/mol. The molecule has 0 aliphatic rings. The zero-order valence-electron chi connectivity index (χ0n) is 11.3. The number of nitrogens with zero attached hydrogens (tertiary/aromatic N) is 3. The zero-order valence-corrected chi connectivity index (χ0v) is 12.9. The van der Waals surface area contributed by atoms with Crippen LogP contribution in [0.15, 0.2) is 6.07 Å². The summed E-state index contributed by atoms with van der Waals surface area (Å²) >= 11 is 3.16. The molecule has 0 fully saturated rings. The topological polar surface area (TPSA) is 38.7 Å². The Bertz CT molecular complexity index is 502. The normalized spacial score (nSPS) is 13.2. The van der Waals surface area contributed by atoms with Crippen LogP contribution in [0.2, 0.25) is 0 Å². The average Bonchev–Trinajstić information content (AvgIpc) is 2.94. The van der Waals surface area contributed by atoms with Crippen molar-refractivity contribution >= 4 is 23.1 Å². The Morgan fingerprint density at radius 1 is 1.17 bits per heavy atom. The van der Waals surface area contributed by atoms with Gasteiger partial charge in [-0.1, -0.05) is 20.8 Å². The molecule has 2 aromatic rings. The summed E-state index contributed by atoms with van der Waals surface area (Å²) < 4.78 is 8.75. The Balaban J connectivity index is 1.90. The molecule has 2 heterocycles. The van der Waals surface area contributed by atoms with Gasteiger partial charge in [0.25, 0.3) is 0 Å². The summed E-state index contributed by atoms with van der Waals surface area (Å²) in [5.74, 6) is 1.94. The molecule has 0 spiro atoms. The molecular formula is C13H19N3S2. The van der Waals surface area contributed by atoms with Crippen molar-refractivity contribution in [1.82, 2.24) is 13.7 Å². The number of rotatable bonds is 5. The first-order valence-corrected chi connectivity index (χ1v) is 7.86. The first kappa shape index (κ1) is 13.6. The minimum atomic E-state index is 0.473.